The molecule has 40 heavy (non-hydrogen) atoms. The SMILES string of the molecule is COc1cccc2c1C(=O)c1c(O)c3c(c(O)c1C2=O)C[C@@](O)(C(C)=O)C[C@@H]3OC1CC(N(O)O)C(O)C(C)O1. The second-order valence-corrected chi connectivity index (χ2v) is 10.4. The Morgan fingerprint density at radius 2 is 1.77 bits per heavy atom. The molecule has 0 amide bonds. The average molecular weight is 560 g/mol. The number of ether oxygens (including phenoxy) is 3. The third kappa shape index (κ3) is 4.18. The predicted molar refractivity (Wildman–Crippen MR) is 132 cm³/mol. The van der Waals surface area contributed by atoms with Crippen molar-refractivity contribution in [1.29, 1.82) is 0 Å². The van der Waals surface area contributed by atoms with E-state index in [2.05, 4.69) is 0 Å². The first kappa shape index (κ1) is 28.1. The van der Waals surface area contributed by atoms with Gasteiger partial charge in [-0.15, -0.1) is 0 Å². The summed E-state index contributed by atoms with van der Waals surface area (Å²) in [6, 6.07) is 3.13. The number of aliphatic hydroxyl groups is 2. The summed E-state index contributed by atoms with van der Waals surface area (Å²) in [7, 11) is 1.31. The normalized spacial score (nSPS) is 29.6. The molecule has 0 aromatic heterocycles. The molecule has 2 aromatic rings. The Labute approximate surface area is 227 Å². The van der Waals surface area contributed by atoms with Crippen molar-refractivity contribution in [3.63, 3.8) is 0 Å². The fraction of sp³-hybridized carbons (Fsp3) is 0.444. The molecule has 6 atom stereocenters. The van der Waals surface area contributed by atoms with E-state index in [1.165, 1.54) is 32.2 Å². The van der Waals surface area contributed by atoms with Crippen molar-refractivity contribution in [2.75, 3.05) is 7.11 Å². The van der Waals surface area contributed by atoms with Crippen LogP contribution >= 0.6 is 0 Å². The maximum absolute atomic E-state index is 13.7. The quantitative estimate of drug-likeness (QED) is 0.192. The number of carbonyl (C=O) groups excluding carboxylic acids is 3. The summed E-state index contributed by atoms with van der Waals surface area (Å²) in [5.74, 6) is -3.51. The second-order valence-electron chi connectivity index (χ2n) is 10.4. The number of phenols is 2. The number of hydroxylamine groups is 2. The van der Waals surface area contributed by atoms with Gasteiger partial charge in [-0.3, -0.25) is 24.8 Å². The molecule has 0 bridgehead atoms. The number of benzene rings is 2. The molecule has 5 rings (SSSR count). The summed E-state index contributed by atoms with van der Waals surface area (Å²) in [6.07, 6.45) is -6.03. The third-order valence-corrected chi connectivity index (χ3v) is 8.02. The number of ketones is 3. The van der Waals surface area contributed by atoms with Crippen LogP contribution in [0, 0.1) is 0 Å². The number of aliphatic hydroxyl groups excluding tert-OH is 1. The van der Waals surface area contributed by atoms with Gasteiger partial charge in [0.2, 0.25) is 5.78 Å². The number of fused-ring (bicyclic) bond motifs is 3. The van der Waals surface area contributed by atoms with E-state index in [0.717, 1.165) is 6.92 Å². The number of hydrogen-bond acceptors (Lipinski definition) is 13. The lowest BCUT2D eigenvalue weighted by molar-refractivity contribution is -0.373. The van der Waals surface area contributed by atoms with Gasteiger partial charge in [0.05, 0.1) is 42.0 Å². The van der Waals surface area contributed by atoms with E-state index in [1.807, 2.05) is 0 Å². The standard InChI is InChI=1S/C27H29NO12/c1-10-22(30)14(28(36)37)7-17(39-10)40-16-9-27(35,11(2)29)8-13-19(16)26(34)21-20(24(13)32)23(31)12-5-4-6-15(38-3)18(12)25(21)33/h4-6,10,14,16-17,22,30,32,34-37H,7-9H2,1-3H3/t10?,14?,16-,17?,22?,27-/m0/s1. The van der Waals surface area contributed by atoms with Gasteiger partial charge < -0.3 is 34.6 Å². The summed E-state index contributed by atoms with van der Waals surface area (Å²) >= 11 is 0. The van der Waals surface area contributed by atoms with Crippen LogP contribution in [0.15, 0.2) is 18.2 Å². The summed E-state index contributed by atoms with van der Waals surface area (Å²) in [6.45, 7) is 2.60. The number of rotatable bonds is 5. The van der Waals surface area contributed by atoms with E-state index < -0.39 is 89.1 Å². The minimum absolute atomic E-state index is 0.0521. The van der Waals surface area contributed by atoms with Crippen molar-refractivity contribution in [2.24, 2.45) is 0 Å². The van der Waals surface area contributed by atoms with Gasteiger partial charge in [0.1, 0.15) is 29.0 Å². The molecule has 13 heteroatoms. The molecule has 1 aliphatic heterocycles. The van der Waals surface area contributed by atoms with Crippen molar-refractivity contribution in [3.05, 3.63) is 51.6 Å². The molecule has 1 fully saturated rings. The molecule has 1 saturated heterocycles. The topological polar surface area (TPSA) is 204 Å². The first-order valence-electron chi connectivity index (χ1n) is 12.6. The molecule has 0 radical (unpaired) electrons. The largest absolute Gasteiger partial charge is 0.507 e. The van der Waals surface area contributed by atoms with E-state index in [9.17, 15) is 45.2 Å². The van der Waals surface area contributed by atoms with Crippen LogP contribution < -0.4 is 4.74 Å². The lowest BCUT2D eigenvalue weighted by Crippen LogP contribution is -2.54. The first-order valence-corrected chi connectivity index (χ1v) is 12.6. The van der Waals surface area contributed by atoms with Gasteiger partial charge in [-0.25, -0.2) is 0 Å². The molecule has 2 aliphatic carbocycles. The van der Waals surface area contributed by atoms with E-state index in [4.69, 9.17) is 14.2 Å². The Kier molecular flexibility index (Phi) is 6.95. The Balaban J connectivity index is 1.66. The van der Waals surface area contributed by atoms with E-state index in [0.29, 0.717) is 0 Å². The Bertz CT molecular complexity index is 1420. The van der Waals surface area contributed by atoms with Crippen LogP contribution in [0.1, 0.15) is 75.8 Å². The van der Waals surface area contributed by atoms with Crippen LogP contribution in [-0.4, -0.2) is 90.7 Å². The zero-order valence-corrected chi connectivity index (χ0v) is 21.8. The molecule has 214 valence electrons. The summed E-state index contributed by atoms with van der Waals surface area (Å²) in [5, 5.41) is 63.3. The molecular formula is C27H29NO12. The maximum atomic E-state index is 13.7. The van der Waals surface area contributed by atoms with Gasteiger partial charge in [0, 0.05) is 36.0 Å². The van der Waals surface area contributed by atoms with Crippen molar-refractivity contribution in [3.8, 4) is 17.2 Å². The Morgan fingerprint density at radius 3 is 2.40 bits per heavy atom. The number of carbonyl (C=O) groups is 3. The van der Waals surface area contributed by atoms with Gasteiger partial charge in [0.15, 0.2) is 17.9 Å². The number of aromatic hydroxyl groups is 2. The molecule has 1 heterocycles. The third-order valence-electron chi connectivity index (χ3n) is 8.02. The van der Waals surface area contributed by atoms with Crippen LogP contribution in [0.5, 0.6) is 17.2 Å². The molecule has 0 spiro atoms. The molecule has 4 unspecified atom stereocenters. The average Bonchev–Trinajstić information content (AvgIpc) is 2.90. The van der Waals surface area contributed by atoms with Gasteiger partial charge in [-0.05, 0) is 19.9 Å². The highest BCUT2D eigenvalue weighted by Crippen LogP contribution is 2.52. The minimum atomic E-state index is -2.09. The highest BCUT2D eigenvalue weighted by atomic mass is 16.8. The van der Waals surface area contributed by atoms with Crippen LogP contribution in [-0.2, 0) is 20.7 Å². The van der Waals surface area contributed by atoms with E-state index in [-0.39, 0.29) is 39.7 Å². The molecule has 0 saturated carbocycles. The van der Waals surface area contributed by atoms with Gasteiger partial charge >= 0.3 is 0 Å². The molecule has 6 N–H and O–H groups in total. The summed E-state index contributed by atoms with van der Waals surface area (Å²) in [5.41, 5.74) is -3.49. The number of nitrogens with zero attached hydrogens (tertiary/aromatic N) is 1. The molecule has 2 aromatic carbocycles. The van der Waals surface area contributed by atoms with E-state index >= 15 is 0 Å². The van der Waals surface area contributed by atoms with Crippen LogP contribution in [0.25, 0.3) is 0 Å². The lowest BCUT2D eigenvalue weighted by atomic mass is 9.72. The van der Waals surface area contributed by atoms with Crippen LogP contribution in [0.3, 0.4) is 0 Å². The van der Waals surface area contributed by atoms with Crippen molar-refractivity contribution < 1.29 is 59.4 Å². The zero-order valence-electron chi connectivity index (χ0n) is 21.8. The Hall–Kier alpha value is -3.43. The minimum Gasteiger partial charge on any atom is -0.507 e. The van der Waals surface area contributed by atoms with Crippen LogP contribution in [0.4, 0.5) is 0 Å². The van der Waals surface area contributed by atoms with Crippen molar-refractivity contribution in [1.82, 2.24) is 5.23 Å². The molecular weight excluding hydrogens is 530 g/mol. The predicted octanol–water partition coefficient (Wildman–Crippen LogP) is 1.15. The summed E-state index contributed by atoms with van der Waals surface area (Å²) in [4.78, 5) is 39.7. The van der Waals surface area contributed by atoms with Gasteiger partial charge in [-0.2, -0.15) is 0 Å². The molecule has 13 nitrogen and oxygen atoms in total. The maximum Gasteiger partial charge on any atom is 0.202 e. The zero-order chi connectivity index (χ0) is 29.3. The van der Waals surface area contributed by atoms with E-state index in [1.54, 1.807) is 0 Å². The number of hydrogen-bond donors (Lipinski definition) is 6. The Morgan fingerprint density at radius 1 is 1.10 bits per heavy atom. The first-order chi connectivity index (χ1) is 18.8. The molecule has 3 aliphatic rings. The fourth-order valence-corrected chi connectivity index (χ4v) is 5.83. The number of Topliss-reactive ketones (excluding diaryl/α,β-unsaturated/α-hetero) is 1. The fourth-order valence-electron chi connectivity index (χ4n) is 5.83. The smallest absolute Gasteiger partial charge is 0.202 e. The number of methoxy groups -OCH3 is 1. The van der Waals surface area contributed by atoms with Gasteiger partial charge in [-0.1, -0.05) is 17.4 Å². The van der Waals surface area contributed by atoms with Crippen LogP contribution in [0.2, 0.25) is 0 Å². The second kappa shape index (κ2) is 9.89. The van der Waals surface area contributed by atoms with Crippen molar-refractivity contribution >= 4 is 17.3 Å². The monoisotopic (exact) mass is 559 g/mol. The van der Waals surface area contributed by atoms with Crippen molar-refractivity contribution in [2.45, 2.75) is 69.4 Å². The van der Waals surface area contributed by atoms with Gasteiger partial charge in [0.25, 0.3) is 0 Å². The summed E-state index contributed by atoms with van der Waals surface area (Å²) < 4.78 is 16.9. The highest BCUT2D eigenvalue weighted by molar-refractivity contribution is 6.31. The lowest BCUT2D eigenvalue weighted by Gasteiger charge is -2.43. The number of phenolic OH excluding ortho intramolecular Hbond substituents is 2. The highest BCUT2D eigenvalue weighted by Gasteiger charge is 2.50.